The van der Waals surface area contributed by atoms with E-state index < -0.39 is 0 Å². The summed E-state index contributed by atoms with van der Waals surface area (Å²) in [5.41, 5.74) is 3.02. The molecule has 1 unspecified atom stereocenters. The maximum absolute atomic E-state index is 11.7. The Morgan fingerprint density at radius 1 is 1.53 bits per heavy atom. The van der Waals surface area contributed by atoms with E-state index in [0.717, 1.165) is 16.8 Å². The van der Waals surface area contributed by atoms with Crippen molar-refractivity contribution in [1.29, 1.82) is 0 Å². The third-order valence-electron chi connectivity index (χ3n) is 2.87. The van der Waals surface area contributed by atoms with E-state index in [4.69, 9.17) is 5.90 Å². The molecule has 0 aromatic heterocycles. The molecule has 1 aliphatic rings. The van der Waals surface area contributed by atoms with Gasteiger partial charge in [0.25, 0.3) is 0 Å². The normalized spacial score (nSPS) is 19.5. The molecule has 0 spiro atoms. The average Bonchev–Trinajstić information content (AvgIpc) is 2.45. The highest BCUT2D eigenvalue weighted by Crippen LogP contribution is 2.36. The Balaban J connectivity index is 2.42. The zero-order valence-electron chi connectivity index (χ0n) is 8.86. The van der Waals surface area contributed by atoms with Gasteiger partial charge in [0.2, 0.25) is 5.91 Å². The molecule has 1 amide bonds. The lowest BCUT2D eigenvalue weighted by Gasteiger charge is -2.10. The summed E-state index contributed by atoms with van der Waals surface area (Å²) in [5, 5.41) is 0. The number of anilines is 1. The zero-order valence-corrected chi connectivity index (χ0v) is 8.86. The summed E-state index contributed by atoms with van der Waals surface area (Å²) in [6, 6.07) is 5.84. The molecule has 0 saturated carbocycles. The number of carbonyl (C=O) groups excluding carboxylic acids is 1. The first-order chi connectivity index (χ1) is 7.15. The molecular weight excluding hydrogens is 192 g/mol. The fourth-order valence-corrected chi connectivity index (χ4v) is 1.98. The molecule has 1 aromatic rings. The summed E-state index contributed by atoms with van der Waals surface area (Å²) >= 11 is 0. The lowest BCUT2D eigenvalue weighted by atomic mass is 10.0. The van der Waals surface area contributed by atoms with Crippen LogP contribution in [-0.4, -0.2) is 13.0 Å². The number of hydrogen-bond acceptors (Lipinski definition) is 3. The highest BCUT2D eigenvalue weighted by molar-refractivity contribution is 6.04. The minimum Gasteiger partial charge on any atom is -0.315 e. The maximum Gasteiger partial charge on any atom is 0.234 e. The first-order valence-electron chi connectivity index (χ1n) is 4.87. The molecule has 4 nitrogen and oxygen atoms in total. The molecule has 1 aliphatic heterocycles. The third-order valence-corrected chi connectivity index (χ3v) is 2.87. The molecule has 80 valence electrons. The predicted molar refractivity (Wildman–Crippen MR) is 57.2 cm³/mol. The van der Waals surface area contributed by atoms with Crippen molar-refractivity contribution < 1.29 is 9.63 Å². The van der Waals surface area contributed by atoms with Gasteiger partial charge in [-0.15, -0.1) is 0 Å². The van der Waals surface area contributed by atoms with Crippen molar-refractivity contribution in [3.8, 4) is 0 Å². The van der Waals surface area contributed by atoms with Gasteiger partial charge in [0, 0.05) is 12.7 Å². The van der Waals surface area contributed by atoms with Crippen molar-refractivity contribution in [2.24, 2.45) is 5.90 Å². The van der Waals surface area contributed by atoms with Crippen LogP contribution in [0.15, 0.2) is 18.2 Å². The van der Waals surface area contributed by atoms with Crippen LogP contribution in [0.1, 0.15) is 24.0 Å². The Hall–Kier alpha value is -1.39. The molecule has 0 saturated heterocycles. The molecule has 0 aliphatic carbocycles. The molecule has 0 fully saturated rings. The van der Waals surface area contributed by atoms with Gasteiger partial charge in [0.15, 0.2) is 0 Å². The summed E-state index contributed by atoms with van der Waals surface area (Å²) < 4.78 is 0. The van der Waals surface area contributed by atoms with Crippen LogP contribution in [-0.2, 0) is 16.2 Å². The molecule has 4 heteroatoms. The van der Waals surface area contributed by atoms with Crippen LogP contribution in [0.2, 0.25) is 0 Å². The fourth-order valence-electron chi connectivity index (χ4n) is 1.98. The second-order valence-electron chi connectivity index (χ2n) is 3.82. The molecule has 1 aromatic carbocycles. The Labute approximate surface area is 88.6 Å². The van der Waals surface area contributed by atoms with Crippen LogP contribution in [0, 0.1) is 0 Å². The molecule has 2 rings (SSSR count). The summed E-state index contributed by atoms with van der Waals surface area (Å²) in [4.78, 5) is 18.0. The molecule has 1 heterocycles. The van der Waals surface area contributed by atoms with Gasteiger partial charge in [-0.2, -0.15) is 0 Å². The third kappa shape index (κ3) is 1.52. The largest absolute Gasteiger partial charge is 0.315 e. The van der Waals surface area contributed by atoms with Crippen molar-refractivity contribution in [1.82, 2.24) is 0 Å². The van der Waals surface area contributed by atoms with E-state index >= 15 is 0 Å². The molecule has 1 atom stereocenters. The molecular formula is C11H14N2O2. The van der Waals surface area contributed by atoms with E-state index in [1.165, 1.54) is 0 Å². The second-order valence-corrected chi connectivity index (χ2v) is 3.82. The number of likely N-dealkylation sites (N-methyl/N-ethyl adjacent to an activating group) is 1. The lowest BCUT2D eigenvalue weighted by Crippen LogP contribution is -2.22. The van der Waals surface area contributed by atoms with Gasteiger partial charge in [-0.1, -0.05) is 12.1 Å². The smallest absolute Gasteiger partial charge is 0.234 e. The van der Waals surface area contributed by atoms with Gasteiger partial charge >= 0.3 is 0 Å². The number of nitrogens with zero attached hydrogens (tertiary/aromatic N) is 1. The highest BCUT2D eigenvalue weighted by Gasteiger charge is 2.31. The number of hydrogen-bond donors (Lipinski definition) is 1. The number of amides is 1. The minimum absolute atomic E-state index is 0.0669. The summed E-state index contributed by atoms with van der Waals surface area (Å²) in [6.45, 7) is 2.29. The Bertz CT molecular complexity index is 404. The molecule has 0 bridgehead atoms. The van der Waals surface area contributed by atoms with E-state index in [0.29, 0.717) is 6.61 Å². The van der Waals surface area contributed by atoms with Gasteiger partial charge in [-0.3, -0.25) is 9.63 Å². The van der Waals surface area contributed by atoms with Crippen LogP contribution >= 0.6 is 0 Å². The molecule has 2 N–H and O–H groups in total. The zero-order chi connectivity index (χ0) is 11.0. The van der Waals surface area contributed by atoms with E-state index in [1.807, 2.05) is 25.1 Å². The maximum atomic E-state index is 11.7. The van der Waals surface area contributed by atoms with Crippen LogP contribution in [0.3, 0.4) is 0 Å². The topological polar surface area (TPSA) is 55.6 Å². The lowest BCUT2D eigenvalue weighted by molar-refractivity contribution is -0.118. The highest BCUT2D eigenvalue weighted by atomic mass is 16.6. The van der Waals surface area contributed by atoms with Gasteiger partial charge < -0.3 is 4.90 Å². The molecule has 15 heavy (non-hydrogen) atoms. The molecule has 0 radical (unpaired) electrons. The van der Waals surface area contributed by atoms with Gasteiger partial charge in [0.05, 0.1) is 12.5 Å². The van der Waals surface area contributed by atoms with Crippen LogP contribution in [0.25, 0.3) is 0 Å². The first-order valence-corrected chi connectivity index (χ1v) is 4.87. The van der Waals surface area contributed by atoms with Gasteiger partial charge in [-0.05, 0) is 24.1 Å². The van der Waals surface area contributed by atoms with Gasteiger partial charge in [-0.25, -0.2) is 5.90 Å². The number of carbonyl (C=O) groups is 1. The quantitative estimate of drug-likeness (QED) is 0.739. The summed E-state index contributed by atoms with van der Waals surface area (Å²) in [6.07, 6.45) is 0. The number of fused-ring (bicyclic) bond motifs is 1. The number of benzene rings is 1. The van der Waals surface area contributed by atoms with E-state index in [-0.39, 0.29) is 11.8 Å². The predicted octanol–water partition coefficient (Wildman–Crippen LogP) is 1.16. The van der Waals surface area contributed by atoms with Crippen LogP contribution < -0.4 is 10.8 Å². The Kier molecular flexibility index (Phi) is 2.46. The number of nitrogens with two attached hydrogens (primary N) is 1. The minimum atomic E-state index is -0.0669. The van der Waals surface area contributed by atoms with E-state index in [1.54, 1.807) is 11.9 Å². The number of rotatable bonds is 2. The summed E-state index contributed by atoms with van der Waals surface area (Å²) in [7, 11) is 1.80. The van der Waals surface area contributed by atoms with Crippen LogP contribution in [0.4, 0.5) is 5.69 Å². The first kappa shape index (κ1) is 10.1. The van der Waals surface area contributed by atoms with E-state index in [2.05, 4.69) is 4.84 Å². The van der Waals surface area contributed by atoms with Crippen molar-refractivity contribution >= 4 is 11.6 Å². The SMILES string of the molecule is CC1C(=O)N(C)c2ccc(CON)cc21. The standard InChI is InChI=1S/C11H14N2O2/c1-7-9-5-8(6-15-12)3-4-10(9)13(2)11(7)14/h3-5,7H,6,12H2,1-2H3. The van der Waals surface area contributed by atoms with Crippen molar-refractivity contribution in [2.45, 2.75) is 19.4 Å². The van der Waals surface area contributed by atoms with Crippen molar-refractivity contribution in [3.05, 3.63) is 29.3 Å². The second kappa shape index (κ2) is 3.64. The summed E-state index contributed by atoms with van der Waals surface area (Å²) in [5.74, 6) is 5.09. The monoisotopic (exact) mass is 206 g/mol. The average molecular weight is 206 g/mol. The Morgan fingerprint density at radius 2 is 2.27 bits per heavy atom. The van der Waals surface area contributed by atoms with Crippen molar-refractivity contribution in [3.63, 3.8) is 0 Å². The fraction of sp³-hybridized carbons (Fsp3) is 0.364. The van der Waals surface area contributed by atoms with Crippen LogP contribution in [0.5, 0.6) is 0 Å². The van der Waals surface area contributed by atoms with Crippen molar-refractivity contribution in [2.75, 3.05) is 11.9 Å². The Morgan fingerprint density at radius 3 is 2.93 bits per heavy atom. The van der Waals surface area contributed by atoms with Gasteiger partial charge in [0.1, 0.15) is 0 Å². The van der Waals surface area contributed by atoms with E-state index in [9.17, 15) is 4.79 Å².